The van der Waals surface area contributed by atoms with E-state index >= 15 is 0 Å². The molecule has 0 aliphatic carbocycles. The summed E-state index contributed by atoms with van der Waals surface area (Å²) in [5.41, 5.74) is -0.0386. The zero-order valence-electron chi connectivity index (χ0n) is 11.5. The van der Waals surface area contributed by atoms with Gasteiger partial charge in [0.2, 0.25) is 0 Å². The summed E-state index contributed by atoms with van der Waals surface area (Å²) >= 11 is 1.04. The van der Waals surface area contributed by atoms with Crippen LogP contribution in [0, 0.1) is 11.6 Å². The van der Waals surface area contributed by atoms with E-state index in [1.165, 1.54) is 11.4 Å². The Morgan fingerprint density at radius 2 is 2.00 bits per heavy atom. The molecule has 0 bridgehead atoms. The molecule has 0 saturated heterocycles. The molecule has 0 fully saturated rings. The van der Waals surface area contributed by atoms with Gasteiger partial charge in [0, 0.05) is 18.5 Å². The van der Waals surface area contributed by atoms with Crippen LogP contribution in [0.2, 0.25) is 0 Å². The molecule has 0 radical (unpaired) electrons. The summed E-state index contributed by atoms with van der Waals surface area (Å²) in [6.07, 6.45) is 0. The van der Waals surface area contributed by atoms with Gasteiger partial charge in [-0.15, -0.1) is 11.3 Å². The highest BCUT2D eigenvalue weighted by molar-refractivity contribution is 7.13. The number of carbonyl (C=O) groups is 1. The van der Waals surface area contributed by atoms with Crippen LogP contribution in [0.25, 0.3) is 10.6 Å². The monoisotopic (exact) mass is 311 g/mol. The maximum absolute atomic E-state index is 13.7. The lowest BCUT2D eigenvalue weighted by Crippen LogP contribution is -2.31. The van der Waals surface area contributed by atoms with Crippen molar-refractivity contribution in [3.8, 4) is 10.6 Å². The van der Waals surface area contributed by atoms with E-state index in [0.717, 1.165) is 30.0 Å². The van der Waals surface area contributed by atoms with Crippen LogP contribution in [0.3, 0.4) is 0 Å². The molecule has 0 aliphatic rings. The van der Waals surface area contributed by atoms with Crippen LogP contribution < -0.4 is 10.6 Å². The van der Waals surface area contributed by atoms with Gasteiger partial charge in [-0.05, 0) is 18.7 Å². The smallest absolute Gasteiger partial charge is 0.270 e. The Kier molecular flexibility index (Phi) is 5.35. The van der Waals surface area contributed by atoms with Crippen molar-refractivity contribution in [3.05, 3.63) is 40.9 Å². The third-order valence-corrected chi connectivity index (χ3v) is 3.61. The lowest BCUT2D eigenvalue weighted by molar-refractivity contribution is 0.0949. The van der Waals surface area contributed by atoms with E-state index in [4.69, 9.17) is 0 Å². The second-order valence-corrected chi connectivity index (χ2v) is 5.10. The summed E-state index contributed by atoms with van der Waals surface area (Å²) in [7, 11) is 0. The number of benzene rings is 1. The van der Waals surface area contributed by atoms with Gasteiger partial charge in [0.25, 0.3) is 5.91 Å². The summed E-state index contributed by atoms with van der Waals surface area (Å²) < 4.78 is 27.3. The van der Waals surface area contributed by atoms with Gasteiger partial charge in [-0.3, -0.25) is 4.79 Å². The van der Waals surface area contributed by atoms with Gasteiger partial charge in [-0.2, -0.15) is 0 Å². The molecule has 0 spiro atoms. The Morgan fingerprint density at radius 1 is 1.29 bits per heavy atom. The normalized spacial score (nSPS) is 10.6. The first kappa shape index (κ1) is 15.5. The molecule has 2 rings (SSSR count). The van der Waals surface area contributed by atoms with Gasteiger partial charge in [-0.1, -0.05) is 13.0 Å². The fourth-order valence-electron chi connectivity index (χ4n) is 1.73. The predicted octanol–water partition coefficient (Wildman–Crippen LogP) is 2.43. The van der Waals surface area contributed by atoms with E-state index in [-0.39, 0.29) is 22.2 Å². The zero-order valence-corrected chi connectivity index (χ0v) is 12.3. The third kappa shape index (κ3) is 3.83. The quantitative estimate of drug-likeness (QED) is 0.806. The van der Waals surface area contributed by atoms with Gasteiger partial charge < -0.3 is 10.6 Å². The fourth-order valence-corrected chi connectivity index (χ4v) is 2.57. The summed E-state index contributed by atoms with van der Waals surface area (Å²) in [5, 5.41) is 7.40. The van der Waals surface area contributed by atoms with E-state index in [1.54, 1.807) is 0 Å². The standard InChI is InChI=1S/C14H15F2N3OS/c1-2-17-6-7-18-13(20)11-8-21-14(19-11)12-9(15)4-3-5-10(12)16/h3-5,8,17H,2,6-7H2,1H3,(H,18,20). The summed E-state index contributed by atoms with van der Waals surface area (Å²) in [6, 6.07) is 3.61. The van der Waals surface area contributed by atoms with Gasteiger partial charge in [0.15, 0.2) is 0 Å². The third-order valence-electron chi connectivity index (χ3n) is 2.75. The molecular formula is C14H15F2N3OS. The number of rotatable bonds is 6. The molecule has 0 atom stereocenters. The van der Waals surface area contributed by atoms with Crippen molar-refractivity contribution in [2.75, 3.05) is 19.6 Å². The van der Waals surface area contributed by atoms with Crippen molar-refractivity contribution in [3.63, 3.8) is 0 Å². The van der Waals surface area contributed by atoms with Gasteiger partial charge in [0.1, 0.15) is 22.3 Å². The molecule has 0 aliphatic heterocycles. The number of amides is 1. The number of aromatic nitrogens is 1. The molecular weight excluding hydrogens is 296 g/mol. The number of likely N-dealkylation sites (N-methyl/N-ethyl adjacent to an activating group) is 1. The highest BCUT2D eigenvalue weighted by Gasteiger charge is 2.17. The molecule has 2 N–H and O–H groups in total. The van der Waals surface area contributed by atoms with E-state index in [9.17, 15) is 13.6 Å². The number of nitrogens with one attached hydrogen (secondary N) is 2. The highest BCUT2D eigenvalue weighted by Crippen LogP contribution is 2.28. The molecule has 112 valence electrons. The molecule has 0 unspecified atom stereocenters. The van der Waals surface area contributed by atoms with Gasteiger partial charge in [-0.25, -0.2) is 13.8 Å². The molecule has 21 heavy (non-hydrogen) atoms. The first-order valence-corrected chi connectivity index (χ1v) is 7.40. The van der Waals surface area contributed by atoms with Crippen LogP contribution in [-0.4, -0.2) is 30.5 Å². The average Bonchev–Trinajstić information content (AvgIpc) is 2.93. The fraction of sp³-hybridized carbons (Fsp3) is 0.286. The highest BCUT2D eigenvalue weighted by atomic mass is 32.1. The minimum absolute atomic E-state index is 0.155. The number of thiazole rings is 1. The summed E-state index contributed by atoms with van der Waals surface area (Å²) in [5.74, 6) is -1.74. The van der Waals surface area contributed by atoms with E-state index in [2.05, 4.69) is 15.6 Å². The van der Waals surface area contributed by atoms with E-state index < -0.39 is 11.6 Å². The van der Waals surface area contributed by atoms with Crippen LogP contribution in [0.15, 0.2) is 23.6 Å². The summed E-state index contributed by atoms with van der Waals surface area (Å²) in [4.78, 5) is 15.8. The second kappa shape index (κ2) is 7.24. The van der Waals surface area contributed by atoms with E-state index in [1.807, 2.05) is 6.92 Å². The van der Waals surface area contributed by atoms with Crippen molar-refractivity contribution < 1.29 is 13.6 Å². The van der Waals surface area contributed by atoms with Crippen molar-refractivity contribution >= 4 is 17.2 Å². The van der Waals surface area contributed by atoms with Gasteiger partial charge in [0.05, 0.1) is 5.56 Å². The lowest BCUT2D eigenvalue weighted by Gasteiger charge is -2.03. The van der Waals surface area contributed by atoms with Crippen LogP contribution >= 0.6 is 11.3 Å². The Hall–Kier alpha value is -1.86. The largest absolute Gasteiger partial charge is 0.349 e. The topological polar surface area (TPSA) is 54.0 Å². The molecule has 4 nitrogen and oxygen atoms in total. The maximum atomic E-state index is 13.7. The number of carbonyl (C=O) groups excluding carboxylic acids is 1. The molecule has 1 aromatic heterocycles. The van der Waals surface area contributed by atoms with Crippen molar-refractivity contribution in [2.45, 2.75) is 6.92 Å². The van der Waals surface area contributed by atoms with Crippen LogP contribution in [-0.2, 0) is 0 Å². The molecule has 1 aromatic carbocycles. The SMILES string of the molecule is CCNCCNC(=O)c1csc(-c2c(F)cccc2F)n1. The zero-order chi connectivity index (χ0) is 15.2. The predicted molar refractivity (Wildman–Crippen MR) is 78.3 cm³/mol. The number of hydrogen-bond donors (Lipinski definition) is 2. The van der Waals surface area contributed by atoms with E-state index in [0.29, 0.717) is 13.1 Å². The maximum Gasteiger partial charge on any atom is 0.270 e. The molecule has 1 heterocycles. The molecule has 7 heteroatoms. The second-order valence-electron chi connectivity index (χ2n) is 4.24. The Balaban J connectivity index is 2.09. The Labute approximate surface area is 125 Å². The Morgan fingerprint density at radius 3 is 2.67 bits per heavy atom. The average molecular weight is 311 g/mol. The van der Waals surface area contributed by atoms with Crippen LogP contribution in [0.5, 0.6) is 0 Å². The molecule has 1 amide bonds. The van der Waals surface area contributed by atoms with Crippen molar-refractivity contribution in [2.24, 2.45) is 0 Å². The minimum atomic E-state index is -0.691. The lowest BCUT2D eigenvalue weighted by atomic mass is 10.2. The first-order valence-electron chi connectivity index (χ1n) is 6.52. The van der Waals surface area contributed by atoms with Crippen molar-refractivity contribution in [1.82, 2.24) is 15.6 Å². The first-order chi connectivity index (χ1) is 10.1. The molecule has 0 saturated carbocycles. The summed E-state index contributed by atoms with van der Waals surface area (Å²) in [6.45, 7) is 3.91. The number of halogens is 2. The number of hydrogen-bond acceptors (Lipinski definition) is 4. The minimum Gasteiger partial charge on any atom is -0.349 e. The Bertz CT molecular complexity index is 610. The molecule has 2 aromatic rings. The van der Waals surface area contributed by atoms with Gasteiger partial charge >= 0.3 is 0 Å². The van der Waals surface area contributed by atoms with Crippen LogP contribution in [0.4, 0.5) is 8.78 Å². The number of nitrogens with zero attached hydrogens (tertiary/aromatic N) is 1. The van der Waals surface area contributed by atoms with Crippen molar-refractivity contribution in [1.29, 1.82) is 0 Å². The van der Waals surface area contributed by atoms with Crippen LogP contribution in [0.1, 0.15) is 17.4 Å².